The third-order valence-electron chi connectivity index (χ3n) is 4.49. The molecule has 6 nitrogen and oxygen atoms in total. The van der Waals surface area contributed by atoms with E-state index in [-0.39, 0.29) is 5.91 Å². The average molecular weight is 340 g/mol. The Morgan fingerprint density at radius 2 is 1.72 bits per heavy atom. The molecule has 1 amide bonds. The Morgan fingerprint density at radius 1 is 1.08 bits per heavy atom. The number of ether oxygens (including phenoxy) is 1. The molecule has 2 aromatic rings. The van der Waals surface area contributed by atoms with Crippen LogP contribution in [0.1, 0.15) is 41.6 Å². The Labute approximate surface area is 145 Å². The Bertz CT molecular complexity index is 738. The van der Waals surface area contributed by atoms with E-state index in [2.05, 4.69) is 10.3 Å². The van der Waals surface area contributed by atoms with E-state index >= 15 is 0 Å². The highest BCUT2D eigenvalue weighted by Gasteiger charge is 2.42. The largest absolute Gasteiger partial charge is 0.489 e. The van der Waals surface area contributed by atoms with Gasteiger partial charge in [0.1, 0.15) is 17.9 Å². The van der Waals surface area contributed by atoms with Crippen molar-refractivity contribution in [1.82, 2.24) is 10.3 Å². The standard InChI is InChI=1S/C19H20N2O4/c22-17(21-19(18(23)24)9-1-2-10-19)15-3-5-16(6-4-15)25-13-14-7-11-20-12-8-14/h3-8,11-12H,1-2,9-10,13H2,(H,21,22)(H,23,24). The van der Waals surface area contributed by atoms with Gasteiger partial charge in [-0.05, 0) is 54.8 Å². The second-order valence-electron chi connectivity index (χ2n) is 6.22. The van der Waals surface area contributed by atoms with E-state index in [1.54, 1.807) is 36.7 Å². The van der Waals surface area contributed by atoms with Gasteiger partial charge in [-0.1, -0.05) is 12.8 Å². The minimum Gasteiger partial charge on any atom is -0.489 e. The molecule has 25 heavy (non-hydrogen) atoms. The summed E-state index contributed by atoms with van der Waals surface area (Å²) in [5.41, 5.74) is 0.290. The highest BCUT2D eigenvalue weighted by atomic mass is 16.5. The Kier molecular flexibility index (Phi) is 4.97. The first-order valence-electron chi connectivity index (χ1n) is 8.27. The zero-order valence-corrected chi connectivity index (χ0v) is 13.8. The lowest BCUT2D eigenvalue weighted by atomic mass is 9.97. The van der Waals surface area contributed by atoms with E-state index in [0.717, 1.165) is 18.4 Å². The molecule has 3 rings (SSSR count). The van der Waals surface area contributed by atoms with Crippen LogP contribution in [0.25, 0.3) is 0 Å². The first kappa shape index (κ1) is 17.0. The molecule has 1 aliphatic carbocycles. The quantitative estimate of drug-likeness (QED) is 0.844. The number of carboxylic acids is 1. The fourth-order valence-corrected chi connectivity index (χ4v) is 3.01. The van der Waals surface area contributed by atoms with Crippen molar-refractivity contribution in [2.24, 2.45) is 0 Å². The molecule has 1 heterocycles. The minimum atomic E-state index is -1.13. The molecular weight excluding hydrogens is 320 g/mol. The van der Waals surface area contributed by atoms with Crippen molar-refractivity contribution >= 4 is 11.9 Å². The fourth-order valence-electron chi connectivity index (χ4n) is 3.01. The highest BCUT2D eigenvalue weighted by Crippen LogP contribution is 2.30. The third kappa shape index (κ3) is 3.96. The van der Waals surface area contributed by atoms with Gasteiger partial charge in [-0.15, -0.1) is 0 Å². The maximum absolute atomic E-state index is 12.4. The van der Waals surface area contributed by atoms with Gasteiger partial charge in [0, 0.05) is 18.0 Å². The van der Waals surface area contributed by atoms with Gasteiger partial charge in [-0.2, -0.15) is 0 Å². The van der Waals surface area contributed by atoms with Crippen LogP contribution in [0.15, 0.2) is 48.8 Å². The molecule has 1 aromatic carbocycles. The summed E-state index contributed by atoms with van der Waals surface area (Å²) in [5, 5.41) is 12.1. The number of nitrogens with zero attached hydrogens (tertiary/aromatic N) is 1. The van der Waals surface area contributed by atoms with Crippen molar-refractivity contribution in [1.29, 1.82) is 0 Å². The second kappa shape index (κ2) is 7.34. The molecule has 1 aliphatic rings. The molecule has 6 heteroatoms. The molecule has 130 valence electrons. The number of carbonyl (C=O) groups excluding carboxylic acids is 1. The number of hydrogen-bond donors (Lipinski definition) is 2. The van der Waals surface area contributed by atoms with Crippen LogP contribution in [-0.2, 0) is 11.4 Å². The van der Waals surface area contributed by atoms with Crippen molar-refractivity contribution in [3.05, 3.63) is 59.9 Å². The summed E-state index contributed by atoms with van der Waals surface area (Å²) < 4.78 is 5.66. The zero-order valence-electron chi connectivity index (χ0n) is 13.8. The Hall–Kier alpha value is -2.89. The monoisotopic (exact) mass is 340 g/mol. The molecule has 1 saturated carbocycles. The Morgan fingerprint density at radius 3 is 2.32 bits per heavy atom. The van der Waals surface area contributed by atoms with E-state index in [0.29, 0.717) is 30.8 Å². The topological polar surface area (TPSA) is 88.5 Å². The fraction of sp³-hybridized carbons (Fsp3) is 0.316. The number of aliphatic carboxylic acids is 1. The maximum atomic E-state index is 12.4. The van der Waals surface area contributed by atoms with Gasteiger partial charge < -0.3 is 15.2 Å². The molecule has 0 bridgehead atoms. The van der Waals surface area contributed by atoms with Crippen LogP contribution in [0.3, 0.4) is 0 Å². The number of nitrogens with one attached hydrogen (secondary N) is 1. The van der Waals surface area contributed by atoms with Gasteiger partial charge in [-0.3, -0.25) is 9.78 Å². The molecule has 2 N–H and O–H groups in total. The van der Waals surface area contributed by atoms with Crippen LogP contribution in [0.4, 0.5) is 0 Å². The summed E-state index contributed by atoms with van der Waals surface area (Å²) in [7, 11) is 0. The van der Waals surface area contributed by atoms with Gasteiger partial charge >= 0.3 is 5.97 Å². The molecule has 0 saturated heterocycles. The molecule has 0 unspecified atom stereocenters. The van der Waals surface area contributed by atoms with Gasteiger partial charge in [0.25, 0.3) is 5.91 Å². The summed E-state index contributed by atoms with van der Waals surface area (Å²) >= 11 is 0. The van der Waals surface area contributed by atoms with Crippen molar-refractivity contribution in [3.63, 3.8) is 0 Å². The lowest BCUT2D eigenvalue weighted by Gasteiger charge is -2.25. The molecule has 0 spiro atoms. The number of pyridine rings is 1. The SMILES string of the molecule is O=C(NC1(C(=O)O)CCCC1)c1ccc(OCc2ccncc2)cc1. The van der Waals surface area contributed by atoms with E-state index in [1.807, 2.05) is 12.1 Å². The lowest BCUT2D eigenvalue weighted by Crippen LogP contribution is -2.52. The normalized spacial score (nSPS) is 15.5. The predicted octanol–water partition coefficient (Wildman–Crippen LogP) is 2.79. The summed E-state index contributed by atoms with van der Waals surface area (Å²) in [6, 6.07) is 10.4. The lowest BCUT2D eigenvalue weighted by molar-refractivity contribution is -0.144. The minimum absolute atomic E-state index is 0.370. The summed E-state index contributed by atoms with van der Waals surface area (Å²) in [4.78, 5) is 27.9. The summed E-state index contributed by atoms with van der Waals surface area (Å²) in [6.45, 7) is 0.413. The number of rotatable bonds is 6. The van der Waals surface area contributed by atoms with E-state index in [4.69, 9.17) is 4.74 Å². The number of benzene rings is 1. The molecule has 0 atom stereocenters. The second-order valence-corrected chi connectivity index (χ2v) is 6.22. The highest BCUT2D eigenvalue weighted by molar-refractivity contribution is 5.98. The van der Waals surface area contributed by atoms with Crippen molar-refractivity contribution < 1.29 is 19.4 Å². The van der Waals surface area contributed by atoms with E-state index in [1.165, 1.54) is 0 Å². The van der Waals surface area contributed by atoms with Crippen molar-refractivity contribution in [2.45, 2.75) is 37.8 Å². The van der Waals surface area contributed by atoms with Crippen molar-refractivity contribution in [2.75, 3.05) is 0 Å². The number of carboxylic acid groups (broad SMARTS) is 1. The predicted molar refractivity (Wildman–Crippen MR) is 91.3 cm³/mol. The third-order valence-corrected chi connectivity index (χ3v) is 4.49. The van der Waals surface area contributed by atoms with Crippen LogP contribution >= 0.6 is 0 Å². The van der Waals surface area contributed by atoms with Crippen LogP contribution in [0.2, 0.25) is 0 Å². The molecule has 1 aromatic heterocycles. The molecule has 0 radical (unpaired) electrons. The maximum Gasteiger partial charge on any atom is 0.329 e. The van der Waals surface area contributed by atoms with E-state index in [9.17, 15) is 14.7 Å². The van der Waals surface area contributed by atoms with Gasteiger partial charge in [0.15, 0.2) is 0 Å². The Balaban J connectivity index is 1.61. The smallest absolute Gasteiger partial charge is 0.329 e. The molecular formula is C19H20N2O4. The van der Waals surface area contributed by atoms with Crippen molar-refractivity contribution in [3.8, 4) is 5.75 Å². The van der Waals surface area contributed by atoms with Crippen LogP contribution in [-0.4, -0.2) is 27.5 Å². The number of carbonyl (C=O) groups is 2. The average Bonchev–Trinajstić information content (AvgIpc) is 3.11. The summed E-state index contributed by atoms with van der Waals surface area (Å²) in [6.07, 6.45) is 5.98. The van der Waals surface area contributed by atoms with Gasteiger partial charge in [-0.25, -0.2) is 4.79 Å². The van der Waals surface area contributed by atoms with Crippen LogP contribution < -0.4 is 10.1 Å². The first-order chi connectivity index (χ1) is 12.1. The van der Waals surface area contributed by atoms with Gasteiger partial charge in [0.2, 0.25) is 0 Å². The molecule has 0 aliphatic heterocycles. The van der Waals surface area contributed by atoms with E-state index < -0.39 is 11.5 Å². The number of amides is 1. The molecule has 1 fully saturated rings. The summed E-state index contributed by atoms with van der Waals surface area (Å²) in [5.74, 6) is -0.692. The zero-order chi connectivity index (χ0) is 17.7. The number of aromatic nitrogens is 1. The van der Waals surface area contributed by atoms with Gasteiger partial charge in [0.05, 0.1) is 0 Å². The first-order valence-corrected chi connectivity index (χ1v) is 8.27. The van der Waals surface area contributed by atoms with Crippen LogP contribution in [0.5, 0.6) is 5.75 Å². The number of hydrogen-bond acceptors (Lipinski definition) is 4. The van der Waals surface area contributed by atoms with Crippen LogP contribution in [0, 0.1) is 0 Å².